The van der Waals surface area contributed by atoms with Crippen LogP contribution in [0.1, 0.15) is 0 Å². The molecular weight excluding hydrogens is 448 g/mol. The molecule has 7 heavy (non-hydrogen) atoms. The van der Waals surface area contributed by atoms with Gasteiger partial charge in [-0.1, -0.05) is 0 Å². The van der Waals surface area contributed by atoms with Gasteiger partial charge in [0.25, 0.3) is 0 Å². The Labute approximate surface area is 115 Å². The average Bonchev–Trinajstić information content (AvgIpc) is 0.811. The predicted molar refractivity (Wildman–Crippen MR) is 12.9 cm³/mol. The zero-order valence-electron chi connectivity index (χ0n) is 3.04. The molecule has 0 unspecified atom stereocenters. The molecule has 0 aliphatic heterocycles. The number of hydrogen-bond acceptors (Lipinski definition) is 3. The molecule has 0 aliphatic carbocycles. The van der Waals surface area contributed by atoms with Crippen molar-refractivity contribution in [1.29, 1.82) is 0 Å². The SMILES string of the molecule is O=[Se]([O-])[O-].[Ba+2].[Er+3].[O-2]. The van der Waals surface area contributed by atoms with Crippen LogP contribution in [0.3, 0.4) is 0 Å². The molecule has 0 aliphatic rings. The van der Waals surface area contributed by atoms with Gasteiger partial charge in [0.1, 0.15) is 0 Å². The zero-order chi connectivity index (χ0) is 3.58. The zero-order valence-corrected chi connectivity index (χ0v) is 11.0. The molecule has 0 bridgehead atoms. The molecule has 0 aromatic heterocycles. The quantitative estimate of drug-likeness (QED) is 0.363. The van der Waals surface area contributed by atoms with Crippen LogP contribution < -0.4 is 8.38 Å². The Morgan fingerprint density at radius 1 is 1.29 bits per heavy atom. The third-order valence-electron chi connectivity index (χ3n) is 0. The third-order valence-corrected chi connectivity index (χ3v) is 0. The summed E-state index contributed by atoms with van der Waals surface area (Å²) in [6, 6.07) is 0. The maximum Gasteiger partial charge on any atom is 3.00 e. The van der Waals surface area contributed by atoms with Crippen LogP contribution in [0.5, 0.6) is 0 Å². The fourth-order valence-electron chi connectivity index (χ4n) is 0. The molecule has 0 rings (SSSR count). The van der Waals surface area contributed by atoms with Gasteiger partial charge in [-0.15, -0.1) is 0 Å². The van der Waals surface area contributed by atoms with E-state index in [4.69, 9.17) is 12.2 Å². The minimum absolute atomic E-state index is 0. The summed E-state index contributed by atoms with van der Waals surface area (Å²) >= 11 is -3.79. The molecular formula is BaErO4Se+. The Morgan fingerprint density at radius 3 is 1.29 bits per heavy atom. The van der Waals surface area contributed by atoms with Gasteiger partial charge in [-0.25, -0.2) is 0 Å². The average molecular weight is 448 g/mol. The molecule has 4 nitrogen and oxygen atoms in total. The van der Waals surface area contributed by atoms with Gasteiger partial charge in [-0.05, 0) is 0 Å². The monoisotopic (exact) mass is 448 g/mol. The summed E-state index contributed by atoms with van der Waals surface area (Å²) in [5.41, 5.74) is 0. The van der Waals surface area contributed by atoms with Crippen LogP contribution in [-0.4, -0.2) is 63.4 Å². The first-order chi connectivity index (χ1) is 1.73. The van der Waals surface area contributed by atoms with Gasteiger partial charge in [-0.3, -0.25) is 0 Å². The van der Waals surface area contributed by atoms with Gasteiger partial charge in [0.2, 0.25) is 0 Å². The fourth-order valence-corrected chi connectivity index (χ4v) is 0. The first-order valence-corrected chi connectivity index (χ1v) is 2.60. The molecule has 0 fully saturated rings. The second kappa shape index (κ2) is 16.0. The van der Waals surface area contributed by atoms with Gasteiger partial charge >= 0.3 is 113 Å². The van der Waals surface area contributed by atoms with E-state index in [1.807, 2.05) is 0 Å². The molecule has 43 valence electrons. The summed E-state index contributed by atoms with van der Waals surface area (Å²) in [6.45, 7) is 0. The van der Waals surface area contributed by atoms with Crippen LogP contribution in [0.25, 0.3) is 0 Å². The Bertz CT molecular complexity index is 34.7. The molecule has 0 aromatic rings. The Kier molecular flexibility index (Phi) is 51.4. The maximum atomic E-state index is 8.54. The van der Waals surface area contributed by atoms with E-state index in [1.165, 1.54) is 0 Å². The van der Waals surface area contributed by atoms with Crippen LogP contribution in [0, 0.1) is 37.3 Å². The van der Waals surface area contributed by atoms with Crippen molar-refractivity contribution >= 4 is 63.4 Å². The van der Waals surface area contributed by atoms with Crippen molar-refractivity contribution < 1.29 is 55.0 Å². The third kappa shape index (κ3) is 48.8. The first kappa shape index (κ1) is 22.5. The molecule has 1 radical (unpaired) electrons. The normalized spacial score (nSPS) is 5.00. The van der Waals surface area contributed by atoms with Crippen molar-refractivity contribution in [2.45, 2.75) is 0 Å². The van der Waals surface area contributed by atoms with Gasteiger partial charge in [0, 0.05) is 0 Å². The van der Waals surface area contributed by atoms with Crippen molar-refractivity contribution in [3.63, 3.8) is 0 Å². The van der Waals surface area contributed by atoms with Crippen LogP contribution in [0.2, 0.25) is 0 Å². The van der Waals surface area contributed by atoms with E-state index >= 15 is 0 Å². The minimum Gasteiger partial charge on any atom is -2.00 e. The Morgan fingerprint density at radius 2 is 1.29 bits per heavy atom. The summed E-state index contributed by atoms with van der Waals surface area (Å²) in [5, 5.41) is 0. The van der Waals surface area contributed by atoms with Crippen molar-refractivity contribution in [2.75, 3.05) is 0 Å². The molecule has 0 heterocycles. The van der Waals surface area contributed by atoms with Crippen molar-refractivity contribution in [3.8, 4) is 0 Å². The smallest absolute Gasteiger partial charge is 2.00 e. The summed E-state index contributed by atoms with van der Waals surface area (Å²) < 4.78 is 25.6. The standard InChI is InChI=1S/Ba.Er.H2O3Se.O/c;;1-4(2)3;/h;;(H2,1,2,3);/q+2;+3;;-2/p-2. The van der Waals surface area contributed by atoms with Crippen LogP contribution in [-0.2, 0) is 9.31 Å². The Hall–Kier alpha value is 3.02. The van der Waals surface area contributed by atoms with Gasteiger partial charge in [0.15, 0.2) is 0 Å². The van der Waals surface area contributed by atoms with E-state index in [1.54, 1.807) is 0 Å². The van der Waals surface area contributed by atoms with Crippen molar-refractivity contribution in [3.05, 3.63) is 0 Å². The molecule has 7 heteroatoms. The van der Waals surface area contributed by atoms with Crippen LogP contribution in [0.4, 0.5) is 0 Å². The van der Waals surface area contributed by atoms with E-state index in [0.717, 1.165) is 0 Å². The van der Waals surface area contributed by atoms with Gasteiger partial charge < -0.3 is 5.48 Å². The molecule has 0 saturated heterocycles. The largest absolute Gasteiger partial charge is 3.00 e. The molecule has 0 aromatic carbocycles. The second-order valence-corrected chi connectivity index (χ2v) is 1.06. The van der Waals surface area contributed by atoms with E-state index in [0.29, 0.717) is 0 Å². The first-order valence-electron chi connectivity index (χ1n) is 0.500. The van der Waals surface area contributed by atoms with Crippen LogP contribution in [0.15, 0.2) is 0 Å². The van der Waals surface area contributed by atoms with E-state index in [-0.39, 0.29) is 91.7 Å². The van der Waals surface area contributed by atoms with Gasteiger partial charge in [0.05, 0.1) is 0 Å². The molecule has 0 N–H and O–H groups in total. The second-order valence-electron chi connectivity index (χ2n) is 0.204. The summed E-state index contributed by atoms with van der Waals surface area (Å²) in [4.78, 5) is 0. The van der Waals surface area contributed by atoms with E-state index in [2.05, 4.69) is 0 Å². The minimum atomic E-state index is -3.79. The van der Waals surface area contributed by atoms with E-state index < -0.39 is 14.5 Å². The maximum absolute atomic E-state index is 8.54. The fraction of sp³-hybridized carbons (Fsp3) is 0. The number of hydrogen-bond donors (Lipinski definition) is 0. The topological polar surface area (TPSA) is 91.7 Å². The van der Waals surface area contributed by atoms with E-state index in [9.17, 15) is 0 Å². The number of rotatable bonds is 0. The summed E-state index contributed by atoms with van der Waals surface area (Å²) in [7, 11) is 0. The molecule has 0 atom stereocenters. The molecule has 0 amide bonds. The summed E-state index contributed by atoms with van der Waals surface area (Å²) in [6.07, 6.45) is 0. The van der Waals surface area contributed by atoms with Crippen molar-refractivity contribution in [1.82, 2.24) is 0 Å². The summed E-state index contributed by atoms with van der Waals surface area (Å²) in [5.74, 6) is 0. The molecule has 0 spiro atoms. The predicted octanol–water partition coefficient (Wildman–Crippen LogP) is -3.38. The van der Waals surface area contributed by atoms with Crippen molar-refractivity contribution in [2.24, 2.45) is 0 Å². The Balaban J connectivity index is -0.0000000150. The van der Waals surface area contributed by atoms with Gasteiger partial charge in [-0.2, -0.15) is 0 Å². The van der Waals surface area contributed by atoms with Crippen LogP contribution >= 0.6 is 0 Å². The molecule has 0 saturated carbocycles.